The van der Waals surface area contributed by atoms with E-state index >= 15 is 0 Å². The summed E-state index contributed by atoms with van der Waals surface area (Å²) in [5.74, 6) is 1.10. The Kier molecular flexibility index (Phi) is 5.10. The van der Waals surface area contributed by atoms with Gasteiger partial charge in [-0.2, -0.15) is 0 Å². The first kappa shape index (κ1) is 15.8. The molecular weight excluding hydrogens is 314 g/mol. The monoisotopic (exact) mass is 331 g/mol. The second-order valence-corrected chi connectivity index (χ2v) is 5.87. The van der Waals surface area contributed by atoms with Gasteiger partial charge in [-0.3, -0.25) is 4.79 Å². The second kappa shape index (κ2) is 7.44. The maximum Gasteiger partial charge on any atom is 0.241 e. The summed E-state index contributed by atoms with van der Waals surface area (Å²) in [6, 6.07) is 10.4. The number of amides is 1. The van der Waals surface area contributed by atoms with E-state index in [0.29, 0.717) is 22.3 Å². The van der Waals surface area contributed by atoms with E-state index in [9.17, 15) is 4.79 Å². The number of aromatic nitrogens is 1. The lowest BCUT2D eigenvalue weighted by Crippen LogP contribution is -2.43. The molecule has 5 nitrogen and oxygen atoms in total. The molecule has 3 rings (SSSR count). The number of piperidine rings is 1. The van der Waals surface area contributed by atoms with E-state index in [2.05, 4.69) is 15.6 Å². The lowest BCUT2D eigenvalue weighted by molar-refractivity contribution is -0.118. The third-order valence-electron chi connectivity index (χ3n) is 3.67. The number of nitrogens with one attached hydrogen (secondary N) is 2. The Hall–Kier alpha value is -2.11. The Labute approximate surface area is 140 Å². The van der Waals surface area contributed by atoms with E-state index in [4.69, 9.17) is 16.3 Å². The summed E-state index contributed by atoms with van der Waals surface area (Å²) < 4.78 is 5.61. The lowest BCUT2D eigenvalue weighted by atomic mass is 10.0. The molecule has 0 bridgehead atoms. The van der Waals surface area contributed by atoms with Gasteiger partial charge in [-0.15, -0.1) is 0 Å². The summed E-state index contributed by atoms with van der Waals surface area (Å²) in [5, 5.41) is 6.75. The summed E-state index contributed by atoms with van der Waals surface area (Å²) in [6.45, 7) is 0.893. The van der Waals surface area contributed by atoms with Crippen LogP contribution in [-0.2, 0) is 4.79 Å². The molecule has 1 aromatic heterocycles. The first-order valence-electron chi connectivity index (χ1n) is 7.64. The summed E-state index contributed by atoms with van der Waals surface area (Å²) in [6.07, 6.45) is 4.67. The van der Waals surface area contributed by atoms with Gasteiger partial charge in [0.1, 0.15) is 5.75 Å². The Morgan fingerprint density at radius 1 is 1.22 bits per heavy atom. The number of rotatable bonds is 4. The van der Waals surface area contributed by atoms with Gasteiger partial charge in [0.25, 0.3) is 0 Å². The van der Waals surface area contributed by atoms with Crippen molar-refractivity contribution in [3.8, 4) is 11.6 Å². The van der Waals surface area contributed by atoms with Crippen LogP contribution < -0.4 is 15.4 Å². The van der Waals surface area contributed by atoms with Crippen molar-refractivity contribution in [1.82, 2.24) is 10.3 Å². The van der Waals surface area contributed by atoms with Crippen LogP contribution >= 0.6 is 11.6 Å². The molecule has 2 aromatic rings. The molecule has 120 valence electrons. The van der Waals surface area contributed by atoms with Gasteiger partial charge in [0.2, 0.25) is 11.8 Å². The zero-order valence-corrected chi connectivity index (χ0v) is 13.3. The van der Waals surface area contributed by atoms with E-state index in [1.54, 1.807) is 42.6 Å². The highest BCUT2D eigenvalue weighted by Gasteiger charge is 2.20. The Morgan fingerprint density at radius 3 is 2.70 bits per heavy atom. The zero-order valence-electron chi connectivity index (χ0n) is 12.6. The first-order chi connectivity index (χ1) is 11.2. The highest BCUT2D eigenvalue weighted by atomic mass is 35.5. The molecule has 1 amide bonds. The molecule has 0 aliphatic carbocycles. The topological polar surface area (TPSA) is 63.2 Å². The van der Waals surface area contributed by atoms with E-state index in [-0.39, 0.29) is 11.9 Å². The summed E-state index contributed by atoms with van der Waals surface area (Å²) >= 11 is 5.83. The molecule has 0 unspecified atom stereocenters. The molecule has 0 radical (unpaired) electrons. The fourth-order valence-electron chi connectivity index (χ4n) is 2.44. The number of nitrogens with zero attached hydrogens (tertiary/aromatic N) is 1. The third-order valence-corrected chi connectivity index (χ3v) is 3.92. The number of anilines is 1. The maximum absolute atomic E-state index is 12.1. The zero-order chi connectivity index (χ0) is 16.1. The number of ether oxygens (including phenoxy) is 1. The molecule has 2 heterocycles. The number of halogens is 1. The predicted molar refractivity (Wildman–Crippen MR) is 90.0 cm³/mol. The van der Waals surface area contributed by atoms with E-state index in [1.807, 2.05) is 0 Å². The normalized spacial score (nSPS) is 17.5. The van der Waals surface area contributed by atoms with Crippen molar-refractivity contribution in [2.24, 2.45) is 0 Å². The van der Waals surface area contributed by atoms with E-state index < -0.39 is 0 Å². The van der Waals surface area contributed by atoms with E-state index in [0.717, 1.165) is 25.8 Å². The summed E-state index contributed by atoms with van der Waals surface area (Å²) in [5.41, 5.74) is 0.658. The average Bonchev–Trinajstić information content (AvgIpc) is 2.59. The van der Waals surface area contributed by atoms with E-state index in [1.165, 1.54) is 0 Å². The minimum Gasteiger partial charge on any atom is -0.439 e. The number of carbonyl (C=O) groups excluding carboxylic acids is 1. The Balaban J connectivity index is 1.58. The van der Waals surface area contributed by atoms with Gasteiger partial charge in [0.05, 0.1) is 17.9 Å². The van der Waals surface area contributed by atoms with Crippen LogP contribution in [-0.4, -0.2) is 23.5 Å². The Bertz CT molecular complexity index is 653. The van der Waals surface area contributed by atoms with Crippen molar-refractivity contribution >= 4 is 23.2 Å². The highest BCUT2D eigenvalue weighted by molar-refractivity contribution is 6.30. The Morgan fingerprint density at radius 2 is 2.04 bits per heavy atom. The number of benzene rings is 1. The van der Waals surface area contributed by atoms with Gasteiger partial charge >= 0.3 is 0 Å². The quantitative estimate of drug-likeness (QED) is 0.898. The standard InChI is InChI=1S/C17H18ClN3O2/c18-12-4-7-14(8-5-12)23-16-9-6-13(11-20-16)21-17(22)15-3-1-2-10-19-15/h4-9,11,15,19H,1-3,10H2,(H,21,22)/t15-/m1/s1. The average molecular weight is 332 g/mol. The largest absolute Gasteiger partial charge is 0.439 e. The van der Waals surface area contributed by atoms with Crippen molar-refractivity contribution in [2.45, 2.75) is 25.3 Å². The molecule has 0 spiro atoms. The molecular formula is C17H18ClN3O2. The van der Waals surface area contributed by atoms with Gasteiger partial charge < -0.3 is 15.4 Å². The maximum atomic E-state index is 12.1. The van der Waals surface area contributed by atoms with Crippen LogP contribution in [0.2, 0.25) is 5.02 Å². The van der Waals surface area contributed by atoms with Crippen LogP contribution in [0.1, 0.15) is 19.3 Å². The number of carbonyl (C=O) groups is 1. The second-order valence-electron chi connectivity index (χ2n) is 5.43. The van der Waals surface area contributed by atoms with Crippen molar-refractivity contribution < 1.29 is 9.53 Å². The van der Waals surface area contributed by atoms with Crippen LogP contribution in [0.4, 0.5) is 5.69 Å². The molecule has 1 aromatic carbocycles. The highest BCUT2D eigenvalue weighted by Crippen LogP contribution is 2.22. The molecule has 23 heavy (non-hydrogen) atoms. The first-order valence-corrected chi connectivity index (χ1v) is 8.02. The van der Waals surface area contributed by atoms with Gasteiger partial charge in [0.15, 0.2) is 0 Å². The fraction of sp³-hybridized carbons (Fsp3) is 0.294. The van der Waals surface area contributed by atoms with Crippen molar-refractivity contribution in [1.29, 1.82) is 0 Å². The molecule has 0 saturated carbocycles. The fourth-order valence-corrected chi connectivity index (χ4v) is 2.57. The lowest BCUT2D eigenvalue weighted by Gasteiger charge is -2.22. The molecule has 6 heteroatoms. The number of pyridine rings is 1. The molecule has 2 N–H and O–H groups in total. The smallest absolute Gasteiger partial charge is 0.241 e. The minimum absolute atomic E-state index is 0.0159. The van der Waals surface area contributed by atoms with Crippen LogP contribution in [0.5, 0.6) is 11.6 Å². The van der Waals surface area contributed by atoms with Gasteiger partial charge in [-0.1, -0.05) is 18.0 Å². The van der Waals surface area contributed by atoms with Gasteiger partial charge in [-0.05, 0) is 49.7 Å². The minimum atomic E-state index is -0.117. The van der Waals surface area contributed by atoms with Crippen molar-refractivity contribution in [3.05, 3.63) is 47.6 Å². The third kappa shape index (κ3) is 4.43. The van der Waals surface area contributed by atoms with Gasteiger partial charge in [-0.25, -0.2) is 4.98 Å². The molecule has 1 aliphatic heterocycles. The summed E-state index contributed by atoms with van der Waals surface area (Å²) in [4.78, 5) is 16.3. The van der Waals surface area contributed by atoms with Gasteiger partial charge in [0, 0.05) is 11.1 Å². The van der Waals surface area contributed by atoms with Crippen molar-refractivity contribution in [3.63, 3.8) is 0 Å². The molecule has 1 atom stereocenters. The van der Waals surface area contributed by atoms with Crippen LogP contribution in [0.3, 0.4) is 0 Å². The number of hydrogen-bond acceptors (Lipinski definition) is 4. The SMILES string of the molecule is O=C(Nc1ccc(Oc2ccc(Cl)cc2)nc1)[C@H]1CCCCN1. The molecule has 1 fully saturated rings. The van der Waals surface area contributed by atoms with Crippen LogP contribution in [0.25, 0.3) is 0 Å². The molecule has 1 aliphatic rings. The van der Waals surface area contributed by atoms with Crippen LogP contribution in [0.15, 0.2) is 42.6 Å². The number of hydrogen-bond donors (Lipinski definition) is 2. The summed E-state index contributed by atoms with van der Waals surface area (Å²) in [7, 11) is 0. The van der Waals surface area contributed by atoms with Crippen molar-refractivity contribution in [2.75, 3.05) is 11.9 Å². The predicted octanol–water partition coefficient (Wildman–Crippen LogP) is 3.61. The van der Waals surface area contributed by atoms with Crippen LogP contribution in [0, 0.1) is 0 Å². The molecule has 1 saturated heterocycles.